The first-order valence-corrected chi connectivity index (χ1v) is 6.80. The molecule has 116 valence electrons. The molecule has 2 amide bonds. The molecule has 0 atom stereocenters. The van der Waals surface area contributed by atoms with E-state index in [-0.39, 0.29) is 24.2 Å². The number of amides is 2. The third kappa shape index (κ3) is 4.11. The molecule has 0 bridgehead atoms. The van der Waals surface area contributed by atoms with Gasteiger partial charge in [0.25, 0.3) is 0 Å². The lowest BCUT2D eigenvalue weighted by Crippen LogP contribution is -2.53. The van der Waals surface area contributed by atoms with Crippen LogP contribution in [0.1, 0.15) is 40.5 Å². The molecule has 0 aromatic heterocycles. The quantitative estimate of drug-likeness (QED) is 0.260. The molecule has 0 aromatic rings. The number of nitrogens with two attached hydrogens (primary N) is 2. The van der Waals surface area contributed by atoms with Gasteiger partial charge in [0.05, 0.1) is 6.54 Å². The number of carbonyl (C=O) groups is 2. The molecule has 0 saturated carbocycles. The third-order valence-electron chi connectivity index (χ3n) is 3.43. The highest BCUT2D eigenvalue weighted by atomic mass is 16.4. The summed E-state index contributed by atoms with van der Waals surface area (Å²) in [4.78, 5) is 25.3. The topological polar surface area (TPSA) is 122 Å². The SMILES string of the molecule is CCC(CC)(C(=O)N(CC(N)=O)CC(C)C)C(N)=NO. The van der Waals surface area contributed by atoms with Crippen LogP contribution in [0.3, 0.4) is 0 Å². The van der Waals surface area contributed by atoms with Gasteiger partial charge < -0.3 is 21.6 Å². The first kappa shape index (κ1) is 18.2. The van der Waals surface area contributed by atoms with E-state index in [1.54, 1.807) is 13.8 Å². The molecule has 7 nitrogen and oxygen atoms in total. The Morgan fingerprint density at radius 1 is 1.25 bits per heavy atom. The zero-order valence-electron chi connectivity index (χ0n) is 12.7. The molecule has 0 radical (unpaired) electrons. The summed E-state index contributed by atoms with van der Waals surface area (Å²) in [5.41, 5.74) is 9.81. The molecule has 5 N–H and O–H groups in total. The highest BCUT2D eigenvalue weighted by Crippen LogP contribution is 2.29. The van der Waals surface area contributed by atoms with Crippen molar-refractivity contribution in [2.45, 2.75) is 40.5 Å². The van der Waals surface area contributed by atoms with Crippen LogP contribution in [0.25, 0.3) is 0 Å². The van der Waals surface area contributed by atoms with E-state index in [9.17, 15) is 9.59 Å². The van der Waals surface area contributed by atoms with Crippen LogP contribution in [-0.2, 0) is 9.59 Å². The van der Waals surface area contributed by atoms with Gasteiger partial charge in [-0.15, -0.1) is 0 Å². The van der Waals surface area contributed by atoms with Gasteiger partial charge in [-0.3, -0.25) is 9.59 Å². The summed E-state index contributed by atoms with van der Waals surface area (Å²) in [6.45, 7) is 7.67. The number of carbonyl (C=O) groups excluding carboxylic acids is 2. The van der Waals surface area contributed by atoms with E-state index in [0.717, 1.165) is 0 Å². The summed E-state index contributed by atoms with van der Waals surface area (Å²) in [7, 11) is 0. The monoisotopic (exact) mass is 286 g/mol. The van der Waals surface area contributed by atoms with Crippen molar-refractivity contribution in [3.05, 3.63) is 0 Å². The van der Waals surface area contributed by atoms with Crippen LogP contribution in [0, 0.1) is 11.3 Å². The predicted molar refractivity (Wildman–Crippen MR) is 77.0 cm³/mol. The molecular formula is C13H26N4O3. The molecule has 0 aromatic carbocycles. The number of hydrogen-bond donors (Lipinski definition) is 3. The zero-order chi connectivity index (χ0) is 15.9. The molecule has 20 heavy (non-hydrogen) atoms. The van der Waals surface area contributed by atoms with Crippen molar-refractivity contribution in [3.63, 3.8) is 0 Å². The van der Waals surface area contributed by atoms with Crippen molar-refractivity contribution < 1.29 is 14.8 Å². The van der Waals surface area contributed by atoms with E-state index in [4.69, 9.17) is 16.7 Å². The maximum Gasteiger partial charge on any atom is 0.237 e. The average Bonchev–Trinajstić information content (AvgIpc) is 2.38. The molecular weight excluding hydrogens is 260 g/mol. The second-order valence-corrected chi connectivity index (χ2v) is 5.32. The normalized spacial score (nSPS) is 12.6. The summed E-state index contributed by atoms with van der Waals surface area (Å²) in [6, 6.07) is 0. The van der Waals surface area contributed by atoms with E-state index >= 15 is 0 Å². The fraction of sp³-hybridized carbons (Fsp3) is 0.769. The highest BCUT2D eigenvalue weighted by Gasteiger charge is 2.42. The minimum atomic E-state index is -1.10. The smallest absolute Gasteiger partial charge is 0.237 e. The molecule has 0 rings (SSSR count). The van der Waals surface area contributed by atoms with Crippen LogP contribution in [0.4, 0.5) is 0 Å². The molecule has 0 saturated heterocycles. The fourth-order valence-corrected chi connectivity index (χ4v) is 2.27. The van der Waals surface area contributed by atoms with E-state index in [2.05, 4.69) is 5.16 Å². The van der Waals surface area contributed by atoms with E-state index in [1.165, 1.54) is 4.90 Å². The number of amidine groups is 1. The Hall–Kier alpha value is -1.79. The van der Waals surface area contributed by atoms with Crippen LogP contribution in [-0.4, -0.2) is 40.8 Å². The number of rotatable bonds is 8. The molecule has 0 aliphatic rings. The molecule has 0 aliphatic heterocycles. The van der Waals surface area contributed by atoms with Gasteiger partial charge >= 0.3 is 0 Å². The number of oxime groups is 1. The molecule has 0 spiro atoms. The summed E-state index contributed by atoms with van der Waals surface area (Å²) in [5, 5.41) is 11.9. The van der Waals surface area contributed by atoms with Crippen molar-refractivity contribution in [3.8, 4) is 0 Å². The summed E-state index contributed by atoms with van der Waals surface area (Å²) in [5.74, 6) is -0.868. The van der Waals surface area contributed by atoms with E-state index < -0.39 is 11.3 Å². The van der Waals surface area contributed by atoms with Crippen molar-refractivity contribution in [2.75, 3.05) is 13.1 Å². The average molecular weight is 286 g/mol. The van der Waals surface area contributed by atoms with Gasteiger partial charge in [-0.2, -0.15) is 0 Å². The zero-order valence-corrected chi connectivity index (χ0v) is 12.7. The maximum atomic E-state index is 12.7. The van der Waals surface area contributed by atoms with Crippen LogP contribution >= 0.6 is 0 Å². The predicted octanol–water partition coefficient (Wildman–Crippen LogP) is 0.509. The van der Waals surface area contributed by atoms with Gasteiger partial charge in [-0.1, -0.05) is 32.9 Å². The molecule has 7 heteroatoms. The first-order valence-electron chi connectivity index (χ1n) is 6.80. The minimum absolute atomic E-state index is 0.134. The summed E-state index contributed by atoms with van der Waals surface area (Å²) >= 11 is 0. The van der Waals surface area contributed by atoms with E-state index in [1.807, 2.05) is 13.8 Å². The Bertz CT molecular complexity index is 376. The Morgan fingerprint density at radius 2 is 1.75 bits per heavy atom. The lowest BCUT2D eigenvalue weighted by molar-refractivity contribution is -0.142. The van der Waals surface area contributed by atoms with E-state index in [0.29, 0.717) is 19.4 Å². The van der Waals surface area contributed by atoms with Crippen LogP contribution in [0.2, 0.25) is 0 Å². The molecule has 0 unspecified atom stereocenters. The highest BCUT2D eigenvalue weighted by molar-refractivity contribution is 6.07. The van der Waals surface area contributed by atoms with Crippen LogP contribution < -0.4 is 11.5 Å². The number of nitrogens with zero attached hydrogens (tertiary/aromatic N) is 2. The largest absolute Gasteiger partial charge is 0.409 e. The standard InChI is InChI=1S/C13H26N4O3/c1-5-13(6-2,11(15)16-20)12(19)17(7-9(3)4)8-10(14)18/h9,20H,5-8H2,1-4H3,(H2,14,18)(H2,15,16). The molecule has 0 heterocycles. The van der Waals surface area contributed by atoms with Gasteiger partial charge in [0.1, 0.15) is 5.41 Å². The van der Waals surface area contributed by atoms with Crippen molar-refractivity contribution in [2.24, 2.45) is 28.0 Å². The Kier molecular flexibility index (Phi) is 7.02. The van der Waals surface area contributed by atoms with Gasteiger partial charge in [-0.05, 0) is 18.8 Å². The second kappa shape index (κ2) is 7.72. The van der Waals surface area contributed by atoms with Gasteiger partial charge in [0, 0.05) is 6.54 Å². The molecule has 0 fully saturated rings. The number of hydrogen-bond acceptors (Lipinski definition) is 4. The minimum Gasteiger partial charge on any atom is -0.409 e. The lowest BCUT2D eigenvalue weighted by Gasteiger charge is -2.35. The third-order valence-corrected chi connectivity index (χ3v) is 3.43. The van der Waals surface area contributed by atoms with Crippen LogP contribution in [0.15, 0.2) is 5.16 Å². The van der Waals surface area contributed by atoms with Gasteiger partial charge in [0.15, 0.2) is 5.84 Å². The Morgan fingerprint density at radius 3 is 2.05 bits per heavy atom. The Labute approximate surface area is 120 Å². The second-order valence-electron chi connectivity index (χ2n) is 5.32. The Balaban J connectivity index is 5.51. The fourth-order valence-electron chi connectivity index (χ4n) is 2.27. The van der Waals surface area contributed by atoms with Crippen molar-refractivity contribution >= 4 is 17.6 Å². The molecule has 0 aliphatic carbocycles. The number of primary amides is 1. The maximum absolute atomic E-state index is 12.7. The van der Waals surface area contributed by atoms with Crippen molar-refractivity contribution in [1.29, 1.82) is 0 Å². The van der Waals surface area contributed by atoms with Crippen molar-refractivity contribution in [1.82, 2.24) is 4.90 Å². The lowest BCUT2D eigenvalue weighted by atomic mass is 9.79. The summed E-state index contributed by atoms with van der Waals surface area (Å²) < 4.78 is 0. The first-order chi connectivity index (χ1) is 9.24. The van der Waals surface area contributed by atoms with Gasteiger partial charge in [-0.25, -0.2) is 0 Å². The van der Waals surface area contributed by atoms with Gasteiger partial charge in [0.2, 0.25) is 11.8 Å². The summed E-state index contributed by atoms with van der Waals surface area (Å²) in [6.07, 6.45) is 0.761. The van der Waals surface area contributed by atoms with Crippen LogP contribution in [0.5, 0.6) is 0 Å².